The third-order valence-electron chi connectivity index (χ3n) is 11.0. The molecule has 0 amide bonds. The van der Waals surface area contributed by atoms with Crippen molar-refractivity contribution in [3.05, 3.63) is 191 Å². The predicted molar refractivity (Wildman–Crippen MR) is 208 cm³/mol. The molecule has 4 aromatic heterocycles. The van der Waals surface area contributed by atoms with Crippen molar-refractivity contribution in [3.8, 4) is 17.2 Å². The molecule has 6 heteroatoms. The summed E-state index contributed by atoms with van der Waals surface area (Å²) >= 11 is 0. The number of pyridine rings is 2. The van der Waals surface area contributed by atoms with Crippen LogP contribution >= 0.6 is 0 Å². The van der Waals surface area contributed by atoms with Crippen molar-refractivity contribution in [3.63, 3.8) is 0 Å². The van der Waals surface area contributed by atoms with Gasteiger partial charge < -0.3 is 13.7 Å². The molecule has 0 atom stereocenters. The van der Waals surface area contributed by atoms with Gasteiger partial charge in [0, 0.05) is 50.8 Å². The number of hydrogen-bond acceptors (Lipinski definition) is 3. The SMILES string of the molecule is Cc1nc2c3[c-]c(Oc4[c-]c5c(cc4)C(c4ccccc4)(c4ccccc4)c4cccc6c7cccnc7n-5c46)ccc3c3ccccc3n2c1C.[Pt+2]. The van der Waals surface area contributed by atoms with E-state index in [0.717, 1.165) is 71.9 Å². The van der Waals surface area contributed by atoms with Crippen LogP contribution in [0.4, 0.5) is 0 Å². The average molecular weight is 862 g/mol. The number of aryl methyl sites for hydroxylation is 2. The number of aromatic nitrogens is 4. The van der Waals surface area contributed by atoms with Gasteiger partial charge in [-0.2, -0.15) is 6.07 Å². The maximum atomic E-state index is 6.72. The molecule has 1 aliphatic heterocycles. The van der Waals surface area contributed by atoms with E-state index in [2.05, 4.69) is 156 Å². The summed E-state index contributed by atoms with van der Waals surface area (Å²) in [4.78, 5) is 9.95. The van der Waals surface area contributed by atoms with Crippen LogP contribution in [0.5, 0.6) is 11.5 Å². The van der Waals surface area contributed by atoms with Gasteiger partial charge in [-0.1, -0.05) is 120 Å². The van der Waals surface area contributed by atoms with Crippen LogP contribution in [0.1, 0.15) is 33.6 Å². The number of para-hydroxylation sites is 2. The van der Waals surface area contributed by atoms with E-state index in [1.165, 1.54) is 16.7 Å². The van der Waals surface area contributed by atoms with E-state index in [4.69, 9.17) is 14.7 Å². The quantitative estimate of drug-likeness (QED) is 0.131. The van der Waals surface area contributed by atoms with Crippen LogP contribution in [-0.4, -0.2) is 18.9 Å². The van der Waals surface area contributed by atoms with Crippen LogP contribution in [-0.2, 0) is 26.5 Å². The Bertz CT molecular complexity index is 3030. The summed E-state index contributed by atoms with van der Waals surface area (Å²) in [5, 5.41) is 5.43. The molecule has 10 aromatic rings. The van der Waals surface area contributed by atoms with Crippen molar-refractivity contribution in [1.82, 2.24) is 18.9 Å². The smallest absolute Gasteiger partial charge is 0.503 e. The molecule has 0 unspecified atom stereocenters. The van der Waals surface area contributed by atoms with Gasteiger partial charge in [0.05, 0.1) is 11.2 Å². The summed E-state index contributed by atoms with van der Waals surface area (Å²) < 4.78 is 11.2. The zero-order valence-electron chi connectivity index (χ0n) is 28.9. The number of benzene rings is 6. The van der Waals surface area contributed by atoms with Gasteiger partial charge in [0.1, 0.15) is 5.65 Å². The monoisotopic (exact) mass is 861 g/mol. The second-order valence-corrected chi connectivity index (χ2v) is 13.7. The molecular weight excluding hydrogens is 832 g/mol. The van der Waals surface area contributed by atoms with Crippen LogP contribution in [0.3, 0.4) is 0 Å². The molecule has 254 valence electrons. The third-order valence-corrected chi connectivity index (χ3v) is 11.0. The molecule has 0 saturated heterocycles. The standard InChI is InChI=1S/C47H30N4O.Pt/c1-29-30(2)50-42-21-10-9-17-36(42)35-24-22-33(27-39(35)46(50)49-29)52-34-23-25-40-43(28-34)51-44-37(38-19-12-26-48-45(38)51)18-11-20-41(44)47(40,31-13-5-3-6-14-31)32-15-7-4-8-16-32;/h3-26H,1-2H3;/q-2;+2. The summed E-state index contributed by atoms with van der Waals surface area (Å²) in [5.74, 6) is 1.20. The minimum atomic E-state index is -0.616. The van der Waals surface area contributed by atoms with E-state index in [-0.39, 0.29) is 21.1 Å². The Kier molecular flexibility index (Phi) is 7.02. The topological polar surface area (TPSA) is 44.4 Å². The first-order valence-electron chi connectivity index (χ1n) is 17.6. The molecule has 5 nitrogen and oxygen atoms in total. The first-order chi connectivity index (χ1) is 25.6. The number of nitrogens with zero attached hydrogens (tertiary/aromatic N) is 4. The summed E-state index contributed by atoms with van der Waals surface area (Å²) in [6.45, 7) is 4.18. The third kappa shape index (κ3) is 4.29. The van der Waals surface area contributed by atoms with Gasteiger partial charge in [-0.3, -0.25) is 4.98 Å². The van der Waals surface area contributed by atoms with E-state index in [9.17, 15) is 0 Å². The molecule has 0 spiro atoms. The molecule has 0 N–H and O–H groups in total. The van der Waals surface area contributed by atoms with E-state index < -0.39 is 5.41 Å². The second kappa shape index (κ2) is 11.7. The molecule has 1 aliphatic rings. The number of rotatable bonds is 4. The fraction of sp³-hybridized carbons (Fsp3) is 0.0638. The Hall–Kier alpha value is -6.03. The summed E-state index contributed by atoms with van der Waals surface area (Å²) in [6.07, 6.45) is 1.87. The molecule has 53 heavy (non-hydrogen) atoms. The van der Waals surface area contributed by atoms with Crippen LogP contribution in [0, 0.1) is 26.0 Å². The van der Waals surface area contributed by atoms with Crippen molar-refractivity contribution in [2.45, 2.75) is 19.3 Å². The zero-order chi connectivity index (χ0) is 34.6. The van der Waals surface area contributed by atoms with Gasteiger partial charge in [-0.05, 0) is 54.1 Å². The van der Waals surface area contributed by atoms with Crippen molar-refractivity contribution in [1.29, 1.82) is 0 Å². The molecular formula is C47H30N4OPt. The maximum Gasteiger partial charge on any atom is 2.00 e. The first kappa shape index (κ1) is 31.7. The first-order valence-corrected chi connectivity index (χ1v) is 17.6. The Morgan fingerprint density at radius 2 is 1.26 bits per heavy atom. The van der Waals surface area contributed by atoms with E-state index in [1.54, 1.807) is 0 Å². The molecule has 0 fully saturated rings. The zero-order valence-corrected chi connectivity index (χ0v) is 31.1. The maximum absolute atomic E-state index is 6.72. The molecule has 0 saturated carbocycles. The minimum absolute atomic E-state index is 0. The largest absolute Gasteiger partial charge is 2.00 e. The van der Waals surface area contributed by atoms with Crippen molar-refractivity contribution >= 4 is 49.3 Å². The predicted octanol–water partition coefficient (Wildman–Crippen LogP) is 10.8. The Balaban J connectivity index is 0.00000349. The van der Waals surface area contributed by atoms with Gasteiger partial charge in [-0.15, -0.1) is 29.8 Å². The number of fused-ring (bicyclic) bond motifs is 11. The van der Waals surface area contributed by atoms with Gasteiger partial charge in [0.25, 0.3) is 0 Å². The molecule has 0 aliphatic carbocycles. The van der Waals surface area contributed by atoms with Crippen molar-refractivity contribution < 1.29 is 25.8 Å². The van der Waals surface area contributed by atoms with Gasteiger partial charge in [-0.25, -0.2) is 4.98 Å². The van der Waals surface area contributed by atoms with Crippen LogP contribution < -0.4 is 4.74 Å². The molecule has 0 bridgehead atoms. The summed E-state index contributed by atoms with van der Waals surface area (Å²) in [5.41, 5.74) is 11.1. The average Bonchev–Trinajstić information content (AvgIpc) is 3.70. The van der Waals surface area contributed by atoms with Crippen LogP contribution in [0.2, 0.25) is 0 Å². The second-order valence-electron chi connectivity index (χ2n) is 13.7. The number of hydrogen-bond donors (Lipinski definition) is 0. The fourth-order valence-corrected chi connectivity index (χ4v) is 8.75. The molecule has 6 aromatic carbocycles. The van der Waals surface area contributed by atoms with Crippen molar-refractivity contribution in [2.75, 3.05) is 0 Å². The van der Waals surface area contributed by atoms with E-state index in [0.29, 0.717) is 11.5 Å². The summed E-state index contributed by atoms with van der Waals surface area (Å²) in [7, 11) is 0. The number of imidazole rings is 1. The van der Waals surface area contributed by atoms with Gasteiger partial charge in [0.15, 0.2) is 0 Å². The fourth-order valence-electron chi connectivity index (χ4n) is 8.75. The minimum Gasteiger partial charge on any atom is -0.503 e. The molecule has 0 radical (unpaired) electrons. The Morgan fingerprint density at radius 1 is 0.585 bits per heavy atom. The Morgan fingerprint density at radius 3 is 2.06 bits per heavy atom. The molecule has 11 rings (SSSR count). The number of ether oxygens (including phenoxy) is 1. The van der Waals surface area contributed by atoms with Crippen LogP contribution in [0.15, 0.2) is 146 Å². The summed E-state index contributed by atoms with van der Waals surface area (Å²) in [6, 6.07) is 56.7. The molecule has 5 heterocycles. The van der Waals surface area contributed by atoms with E-state index >= 15 is 0 Å². The normalized spacial score (nSPS) is 13.1. The van der Waals surface area contributed by atoms with E-state index in [1.807, 2.05) is 24.4 Å². The Labute approximate surface area is 320 Å². The van der Waals surface area contributed by atoms with Gasteiger partial charge >= 0.3 is 21.1 Å². The van der Waals surface area contributed by atoms with Gasteiger partial charge in [0.2, 0.25) is 0 Å². The van der Waals surface area contributed by atoms with Crippen LogP contribution in [0.25, 0.3) is 54.9 Å². The van der Waals surface area contributed by atoms with Crippen molar-refractivity contribution in [2.24, 2.45) is 0 Å².